The van der Waals surface area contributed by atoms with Gasteiger partial charge in [-0.15, -0.1) is 0 Å². The Kier molecular flexibility index (Phi) is 7.84. The monoisotopic (exact) mass is 492 g/mol. The van der Waals surface area contributed by atoms with Crippen LogP contribution >= 0.6 is 0 Å². The molecule has 0 aliphatic carbocycles. The number of hydrogen-bond acceptors (Lipinski definition) is 4. The Balaban J connectivity index is 2.21. The molecule has 0 aliphatic heterocycles. The molecule has 0 atom stereocenters. The van der Waals surface area contributed by atoms with E-state index in [0.717, 1.165) is 29.1 Å². The van der Waals surface area contributed by atoms with E-state index in [9.17, 15) is 23.1 Å². The minimum absolute atomic E-state index is 0.0707. The lowest BCUT2D eigenvalue weighted by atomic mass is 10.1. The second-order valence-electron chi connectivity index (χ2n) is 10.1. The fraction of sp³-hybridized carbons (Fsp3) is 0.444. The predicted octanol–water partition coefficient (Wildman–Crippen LogP) is 5.62. The summed E-state index contributed by atoms with van der Waals surface area (Å²) < 4.78 is 53.1. The number of rotatable bonds is 8. The van der Waals surface area contributed by atoms with Crippen LogP contribution in [0.4, 0.5) is 13.2 Å². The zero-order chi connectivity index (χ0) is 26.1. The highest BCUT2D eigenvalue weighted by Crippen LogP contribution is 2.40. The van der Waals surface area contributed by atoms with Gasteiger partial charge in [-0.3, -0.25) is 4.79 Å². The highest BCUT2D eigenvalue weighted by Gasteiger charge is 2.41. The van der Waals surface area contributed by atoms with Crippen molar-refractivity contribution in [1.29, 1.82) is 0 Å². The van der Waals surface area contributed by atoms with Crippen LogP contribution in [0.1, 0.15) is 50.1 Å². The van der Waals surface area contributed by atoms with Gasteiger partial charge in [0.25, 0.3) is 5.76 Å². The van der Waals surface area contributed by atoms with Gasteiger partial charge in [-0.05, 0) is 49.2 Å². The minimum Gasteiger partial charge on any atom is -0.507 e. The average Bonchev–Trinajstić information content (AvgIpc) is 2.69. The Hall–Kier alpha value is -3.00. The zero-order valence-electron chi connectivity index (χ0n) is 21.0. The van der Waals surface area contributed by atoms with Crippen molar-refractivity contribution in [2.45, 2.75) is 54.3 Å². The number of hydrogen-bond donors (Lipinski definition) is 2. The molecule has 0 bridgehead atoms. The second-order valence-corrected chi connectivity index (χ2v) is 10.1. The summed E-state index contributed by atoms with van der Waals surface area (Å²) in [6, 6.07) is 7.55. The number of benzene rings is 2. The van der Waals surface area contributed by atoms with E-state index in [1.165, 1.54) is 12.1 Å². The maximum atomic E-state index is 14.1. The SMILES string of the molecule is Cc1cc(C)cc(Oc2c(C(F)(F)F)oc3c(C[NH+](CC(C)C)CC(C)C)c(O)ccc3c2=O)c1. The Morgan fingerprint density at radius 1 is 1.00 bits per heavy atom. The van der Waals surface area contributed by atoms with Gasteiger partial charge < -0.3 is 19.2 Å². The molecule has 1 aromatic heterocycles. The first-order valence-corrected chi connectivity index (χ1v) is 11.7. The van der Waals surface area contributed by atoms with Crippen LogP contribution < -0.4 is 15.1 Å². The normalized spacial score (nSPS) is 12.3. The van der Waals surface area contributed by atoms with Gasteiger partial charge >= 0.3 is 6.18 Å². The molecule has 1 heterocycles. The Morgan fingerprint density at radius 2 is 1.57 bits per heavy atom. The Bertz CT molecular complexity index is 1230. The van der Waals surface area contributed by atoms with Gasteiger partial charge in [-0.1, -0.05) is 33.8 Å². The number of halogens is 3. The molecule has 190 valence electrons. The molecule has 0 unspecified atom stereocenters. The van der Waals surface area contributed by atoms with Gasteiger partial charge in [0.15, 0.2) is 5.58 Å². The summed E-state index contributed by atoms with van der Waals surface area (Å²) in [6.07, 6.45) is -4.98. The summed E-state index contributed by atoms with van der Waals surface area (Å²) in [4.78, 5) is 14.4. The maximum absolute atomic E-state index is 14.1. The van der Waals surface area contributed by atoms with Crippen molar-refractivity contribution in [3.8, 4) is 17.2 Å². The van der Waals surface area contributed by atoms with Crippen LogP contribution in [0.3, 0.4) is 0 Å². The van der Waals surface area contributed by atoms with Gasteiger partial charge in [-0.2, -0.15) is 13.2 Å². The van der Waals surface area contributed by atoms with Crippen LogP contribution in [-0.2, 0) is 12.7 Å². The van der Waals surface area contributed by atoms with Crippen LogP contribution in [0.15, 0.2) is 39.5 Å². The van der Waals surface area contributed by atoms with Gasteiger partial charge in [0.05, 0.1) is 24.0 Å². The van der Waals surface area contributed by atoms with Crippen LogP contribution in [0, 0.1) is 25.7 Å². The summed E-state index contributed by atoms with van der Waals surface area (Å²) in [5.74, 6) is -1.87. The first-order chi connectivity index (χ1) is 16.3. The molecular weight excluding hydrogens is 459 g/mol. The standard InChI is InChI=1S/C27H32F3NO4/c1-15(2)12-31(13-16(3)4)14-21-22(32)8-7-20-23(33)25(26(27(28,29)30)35-24(20)21)34-19-10-17(5)9-18(6)11-19/h7-11,15-16,32H,12-14H2,1-6H3/p+1. The van der Waals surface area contributed by atoms with Crippen molar-refractivity contribution in [3.05, 3.63) is 63.0 Å². The fourth-order valence-corrected chi connectivity index (χ4v) is 4.48. The van der Waals surface area contributed by atoms with Crippen molar-refractivity contribution in [3.63, 3.8) is 0 Å². The smallest absolute Gasteiger partial charge is 0.453 e. The highest BCUT2D eigenvalue weighted by atomic mass is 19.4. The van der Waals surface area contributed by atoms with E-state index in [-0.39, 0.29) is 34.6 Å². The summed E-state index contributed by atoms with van der Waals surface area (Å²) in [6.45, 7) is 13.5. The third-order valence-corrected chi connectivity index (χ3v) is 5.59. The van der Waals surface area contributed by atoms with E-state index in [1.54, 1.807) is 26.0 Å². The number of quaternary nitrogens is 1. The van der Waals surface area contributed by atoms with Crippen LogP contribution in [0.2, 0.25) is 0 Å². The summed E-state index contributed by atoms with van der Waals surface area (Å²) in [5.41, 5.74) is 0.543. The Labute approximate surface area is 203 Å². The molecular formula is C27H33F3NO4+. The van der Waals surface area contributed by atoms with E-state index in [4.69, 9.17) is 9.15 Å². The highest BCUT2D eigenvalue weighted by molar-refractivity contribution is 5.83. The molecule has 0 spiro atoms. The summed E-state index contributed by atoms with van der Waals surface area (Å²) >= 11 is 0. The lowest BCUT2D eigenvalue weighted by molar-refractivity contribution is -0.919. The predicted molar refractivity (Wildman–Crippen MR) is 129 cm³/mol. The van der Waals surface area contributed by atoms with Crippen molar-refractivity contribution in [2.24, 2.45) is 11.8 Å². The number of ether oxygens (including phenoxy) is 1. The fourth-order valence-electron chi connectivity index (χ4n) is 4.48. The van der Waals surface area contributed by atoms with E-state index in [2.05, 4.69) is 27.7 Å². The molecule has 0 amide bonds. The third kappa shape index (κ3) is 6.36. The van der Waals surface area contributed by atoms with Crippen molar-refractivity contribution in [2.75, 3.05) is 13.1 Å². The van der Waals surface area contributed by atoms with Crippen LogP contribution in [-0.4, -0.2) is 18.2 Å². The minimum atomic E-state index is -4.98. The quantitative estimate of drug-likeness (QED) is 0.428. The van der Waals surface area contributed by atoms with Crippen molar-refractivity contribution >= 4 is 11.0 Å². The third-order valence-electron chi connectivity index (χ3n) is 5.59. The Morgan fingerprint density at radius 3 is 2.09 bits per heavy atom. The second kappa shape index (κ2) is 10.3. The number of phenolic OH excluding ortho intramolecular Hbond substituents is 1. The van der Waals surface area contributed by atoms with E-state index < -0.39 is 23.1 Å². The number of alkyl halides is 3. The van der Waals surface area contributed by atoms with E-state index in [0.29, 0.717) is 11.8 Å². The van der Waals surface area contributed by atoms with Crippen LogP contribution in [0.25, 0.3) is 11.0 Å². The van der Waals surface area contributed by atoms with Crippen molar-refractivity contribution in [1.82, 2.24) is 0 Å². The molecule has 35 heavy (non-hydrogen) atoms. The largest absolute Gasteiger partial charge is 0.507 e. The van der Waals surface area contributed by atoms with Crippen LogP contribution in [0.5, 0.6) is 17.2 Å². The lowest BCUT2D eigenvalue weighted by Gasteiger charge is -2.24. The number of aryl methyl sites for hydroxylation is 2. The first-order valence-electron chi connectivity index (χ1n) is 11.7. The molecule has 2 aromatic carbocycles. The molecule has 2 N–H and O–H groups in total. The van der Waals surface area contributed by atoms with Crippen molar-refractivity contribution < 1.29 is 32.3 Å². The first kappa shape index (κ1) is 26.6. The van der Waals surface area contributed by atoms with Gasteiger partial charge in [0.1, 0.15) is 18.0 Å². The molecule has 5 nitrogen and oxygen atoms in total. The zero-order valence-corrected chi connectivity index (χ0v) is 21.0. The number of aromatic hydroxyl groups is 1. The molecule has 3 aromatic rings. The van der Waals surface area contributed by atoms with Gasteiger partial charge in [0.2, 0.25) is 11.2 Å². The summed E-state index contributed by atoms with van der Waals surface area (Å²) in [5, 5.41) is 10.5. The number of nitrogens with one attached hydrogen (secondary N) is 1. The van der Waals surface area contributed by atoms with Gasteiger partial charge in [0, 0.05) is 11.8 Å². The van der Waals surface area contributed by atoms with E-state index in [1.807, 2.05) is 6.07 Å². The molecule has 0 saturated carbocycles. The molecule has 0 aliphatic rings. The lowest BCUT2D eigenvalue weighted by Crippen LogP contribution is -3.11. The molecule has 0 radical (unpaired) electrons. The molecule has 8 heteroatoms. The maximum Gasteiger partial charge on any atom is 0.453 e. The molecule has 0 fully saturated rings. The molecule has 3 rings (SSSR count). The average molecular weight is 493 g/mol. The summed E-state index contributed by atoms with van der Waals surface area (Å²) in [7, 11) is 0. The van der Waals surface area contributed by atoms with Gasteiger partial charge in [-0.25, -0.2) is 0 Å². The topological polar surface area (TPSA) is 64.1 Å². The van der Waals surface area contributed by atoms with E-state index >= 15 is 0 Å². The molecule has 0 saturated heterocycles. The number of fused-ring (bicyclic) bond motifs is 1. The number of phenols is 1.